The molecule has 0 N–H and O–H groups in total. The number of benzene rings is 1. The zero-order valence-corrected chi connectivity index (χ0v) is 22.3. The summed E-state index contributed by atoms with van der Waals surface area (Å²) in [7, 11) is 1.70. The predicted octanol–water partition coefficient (Wildman–Crippen LogP) is 8.85. The van der Waals surface area contributed by atoms with E-state index in [1.165, 1.54) is 89.0 Å². The van der Waals surface area contributed by atoms with Crippen molar-refractivity contribution in [1.82, 2.24) is 0 Å². The summed E-state index contributed by atoms with van der Waals surface area (Å²) in [6.45, 7) is 4.36. The predicted molar refractivity (Wildman–Crippen MR) is 143 cm³/mol. The number of rotatable bonds is 18. The van der Waals surface area contributed by atoms with Crippen molar-refractivity contribution in [3.05, 3.63) is 28.8 Å². The van der Waals surface area contributed by atoms with Gasteiger partial charge in [-0.15, -0.1) is 0 Å². The molecule has 1 aromatic carbocycles. The van der Waals surface area contributed by atoms with Crippen LogP contribution in [0.1, 0.15) is 139 Å². The van der Waals surface area contributed by atoms with Gasteiger partial charge in [0.25, 0.3) is 0 Å². The fraction of sp³-hybridized carbons (Fsp3) is 0.733. The molecule has 34 heavy (non-hydrogen) atoms. The molecule has 0 fully saturated rings. The standard InChI is InChI=1S/C30H49NO3/c1-4-5-6-7-8-9-10-11-12-13-14-15-16-17-18-22-30(32)34-31-28-21-19-20-26-25(2)29(33-3)24-23-27(26)28/h23-24H,4-22H2,1-3H3/b31-28+. The molecule has 0 amide bonds. The molecule has 0 saturated carbocycles. The van der Waals surface area contributed by atoms with E-state index in [0.717, 1.165) is 54.7 Å². The number of nitrogens with zero attached hydrogens (tertiary/aromatic N) is 1. The lowest BCUT2D eigenvalue weighted by atomic mass is 9.87. The molecule has 0 bridgehead atoms. The summed E-state index contributed by atoms with van der Waals surface area (Å²) in [5.74, 6) is 0.699. The lowest BCUT2D eigenvalue weighted by Gasteiger charge is -2.20. The minimum atomic E-state index is -0.209. The van der Waals surface area contributed by atoms with Crippen molar-refractivity contribution < 1.29 is 14.4 Å². The van der Waals surface area contributed by atoms with Gasteiger partial charge < -0.3 is 9.57 Å². The Bertz CT molecular complexity index is 741. The van der Waals surface area contributed by atoms with E-state index in [-0.39, 0.29) is 5.97 Å². The molecule has 192 valence electrons. The molecule has 1 aromatic rings. The highest BCUT2D eigenvalue weighted by Gasteiger charge is 2.20. The van der Waals surface area contributed by atoms with E-state index in [2.05, 4.69) is 19.0 Å². The number of carbonyl (C=O) groups is 1. The van der Waals surface area contributed by atoms with Gasteiger partial charge >= 0.3 is 5.97 Å². The summed E-state index contributed by atoms with van der Waals surface area (Å²) in [6.07, 6.45) is 23.2. The maximum atomic E-state index is 12.1. The Morgan fingerprint density at radius 2 is 1.38 bits per heavy atom. The molecule has 0 unspecified atom stereocenters. The van der Waals surface area contributed by atoms with Gasteiger partial charge in [-0.25, -0.2) is 4.79 Å². The molecule has 4 nitrogen and oxygen atoms in total. The summed E-state index contributed by atoms with van der Waals surface area (Å²) in [5, 5.41) is 4.24. The number of fused-ring (bicyclic) bond motifs is 1. The van der Waals surface area contributed by atoms with E-state index in [0.29, 0.717) is 6.42 Å². The summed E-state index contributed by atoms with van der Waals surface area (Å²) < 4.78 is 5.44. The second kappa shape index (κ2) is 17.6. The third-order valence-corrected chi connectivity index (χ3v) is 7.16. The van der Waals surface area contributed by atoms with Gasteiger partial charge in [0.15, 0.2) is 0 Å². The van der Waals surface area contributed by atoms with E-state index in [4.69, 9.17) is 9.57 Å². The van der Waals surface area contributed by atoms with Gasteiger partial charge in [-0.2, -0.15) is 0 Å². The van der Waals surface area contributed by atoms with Crippen LogP contribution in [0.5, 0.6) is 5.75 Å². The van der Waals surface area contributed by atoms with E-state index in [1.54, 1.807) is 7.11 Å². The largest absolute Gasteiger partial charge is 0.496 e. The number of methoxy groups -OCH3 is 1. The Balaban J connectivity index is 1.49. The van der Waals surface area contributed by atoms with Crippen molar-refractivity contribution in [3.8, 4) is 5.75 Å². The van der Waals surface area contributed by atoms with E-state index < -0.39 is 0 Å². The molecule has 0 aromatic heterocycles. The van der Waals surface area contributed by atoms with Crippen molar-refractivity contribution in [2.75, 3.05) is 7.11 Å². The third-order valence-electron chi connectivity index (χ3n) is 7.16. The maximum absolute atomic E-state index is 12.1. The first kappa shape index (κ1) is 28.4. The van der Waals surface area contributed by atoms with Crippen LogP contribution in [0.25, 0.3) is 0 Å². The number of unbranched alkanes of at least 4 members (excludes halogenated alkanes) is 14. The average molecular weight is 472 g/mol. The minimum absolute atomic E-state index is 0.209. The maximum Gasteiger partial charge on any atom is 0.335 e. The monoisotopic (exact) mass is 471 g/mol. The molecule has 1 aliphatic rings. The highest BCUT2D eigenvalue weighted by atomic mass is 16.7. The van der Waals surface area contributed by atoms with Crippen molar-refractivity contribution in [3.63, 3.8) is 0 Å². The fourth-order valence-corrected chi connectivity index (χ4v) is 5.00. The lowest BCUT2D eigenvalue weighted by Crippen LogP contribution is -2.15. The molecule has 1 aliphatic carbocycles. The smallest absolute Gasteiger partial charge is 0.335 e. The first-order valence-corrected chi connectivity index (χ1v) is 14.1. The molecular weight excluding hydrogens is 422 g/mol. The normalized spacial score (nSPS) is 14.3. The SMILES string of the molecule is CCCCCCCCCCCCCCCCCC(=O)O/N=C1\CCCc2c1ccc(OC)c2C. The topological polar surface area (TPSA) is 47.9 Å². The summed E-state index contributed by atoms with van der Waals surface area (Å²) >= 11 is 0. The van der Waals surface area contributed by atoms with Crippen molar-refractivity contribution in [2.45, 2.75) is 136 Å². The van der Waals surface area contributed by atoms with Crippen LogP contribution in [-0.4, -0.2) is 18.8 Å². The Morgan fingerprint density at radius 3 is 1.94 bits per heavy atom. The molecule has 2 rings (SSSR count). The third kappa shape index (κ3) is 10.6. The van der Waals surface area contributed by atoms with Gasteiger partial charge in [-0.05, 0) is 55.9 Å². The van der Waals surface area contributed by atoms with Crippen molar-refractivity contribution in [1.29, 1.82) is 0 Å². The Hall–Kier alpha value is -1.84. The van der Waals surface area contributed by atoms with Crippen LogP contribution in [-0.2, 0) is 16.1 Å². The summed E-state index contributed by atoms with van der Waals surface area (Å²) in [4.78, 5) is 17.4. The molecule has 4 heteroatoms. The molecule has 0 spiro atoms. The highest BCUT2D eigenvalue weighted by Crippen LogP contribution is 2.30. The molecule has 0 heterocycles. The number of carbonyl (C=O) groups excluding carboxylic acids is 1. The van der Waals surface area contributed by atoms with Gasteiger partial charge in [0.2, 0.25) is 0 Å². The van der Waals surface area contributed by atoms with E-state index in [1.807, 2.05) is 12.1 Å². The van der Waals surface area contributed by atoms with Crippen LogP contribution in [0.4, 0.5) is 0 Å². The zero-order chi connectivity index (χ0) is 24.4. The van der Waals surface area contributed by atoms with Crippen LogP contribution in [0.15, 0.2) is 17.3 Å². The minimum Gasteiger partial charge on any atom is -0.496 e. The summed E-state index contributed by atoms with van der Waals surface area (Å²) in [5.41, 5.74) is 4.42. The van der Waals surface area contributed by atoms with Crippen molar-refractivity contribution in [2.24, 2.45) is 5.16 Å². The van der Waals surface area contributed by atoms with Crippen LogP contribution in [0.2, 0.25) is 0 Å². The van der Waals surface area contributed by atoms with Gasteiger partial charge in [0, 0.05) is 12.0 Å². The van der Waals surface area contributed by atoms with Crippen LogP contribution in [0, 0.1) is 6.92 Å². The average Bonchev–Trinajstić information content (AvgIpc) is 2.85. The number of oxime groups is 1. The summed E-state index contributed by atoms with van der Waals surface area (Å²) in [6, 6.07) is 4.02. The van der Waals surface area contributed by atoms with E-state index >= 15 is 0 Å². The first-order valence-electron chi connectivity index (χ1n) is 14.1. The van der Waals surface area contributed by atoms with Crippen LogP contribution >= 0.6 is 0 Å². The van der Waals surface area contributed by atoms with Gasteiger partial charge in [-0.3, -0.25) is 0 Å². The molecular formula is C30H49NO3. The van der Waals surface area contributed by atoms with Gasteiger partial charge in [0.1, 0.15) is 5.75 Å². The Kier molecular flexibility index (Phi) is 14.7. The molecule has 0 atom stereocenters. The second-order valence-corrected chi connectivity index (χ2v) is 9.97. The molecule has 0 saturated heterocycles. The Labute approximate surface area is 208 Å². The van der Waals surface area contributed by atoms with Crippen LogP contribution < -0.4 is 4.74 Å². The van der Waals surface area contributed by atoms with Gasteiger partial charge in [-0.1, -0.05) is 102 Å². The quantitative estimate of drug-likeness (QED) is 0.122. The Morgan fingerprint density at radius 1 is 0.824 bits per heavy atom. The molecule has 0 radical (unpaired) electrons. The highest BCUT2D eigenvalue weighted by molar-refractivity contribution is 6.03. The number of hydrogen-bond donors (Lipinski definition) is 0. The molecule has 0 aliphatic heterocycles. The lowest BCUT2D eigenvalue weighted by molar-refractivity contribution is -0.143. The van der Waals surface area contributed by atoms with Gasteiger partial charge in [0.05, 0.1) is 12.8 Å². The number of hydrogen-bond acceptors (Lipinski definition) is 4. The fourth-order valence-electron chi connectivity index (χ4n) is 5.00. The van der Waals surface area contributed by atoms with Crippen LogP contribution in [0.3, 0.4) is 0 Å². The first-order chi connectivity index (χ1) is 16.7. The second-order valence-electron chi connectivity index (χ2n) is 9.97. The number of ether oxygens (including phenoxy) is 1. The van der Waals surface area contributed by atoms with E-state index in [9.17, 15) is 4.79 Å². The van der Waals surface area contributed by atoms with Crippen molar-refractivity contribution >= 4 is 11.7 Å². The zero-order valence-electron chi connectivity index (χ0n) is 22.3.